The van der Waals surface area contributed by atoms with Crippen LogP contribution in [0.4, 0.5) is 11.4 Å². The Kier molecular flexibility index (Phi) is 6.61. The molecule has 4 rings (SSSR count). The number of amides is 1. The van der Waals surface area contributed by atoms with Crippen LogP contribution in [-0.2, 0) is 29.4 Å². The van der Waals surface area contributed by atoms with Crippen molar-refractivity contribution in [2.75, 3.05) is 49.5 Å². The first-order valence-electron chi connectivity index (χ1n) is 11.3. The summed E-state index contributed by atoms with van der Waals surface area (Å²) in [7, 11) is 1.90. The van der Waals surface area contributed by atoms with E-state index in [0.717, 1.165) is 63.1 Å². The van der Waals surface area contributed by atoms with Crippen LogP contribution < -0.4 is 10.2 Å². The van der Waals surface area contributed by atoms with Crippen LogP contribution in [0.25, 0.3) is 0 Å². The van der Waals surface area contributed by atoms with Crippen molar-refractivity contribution in [3.05, 3.63) is 47.3 Å². The van der Waals surface area contributed by atoms with Gasteiger partial charge in [-0.2, -0.15) is 0 Å². The van der Waals surface area contributed by atoms with E-state index in [4.69, 9.17) is 4.74 Å². The molecule has 0 radical (unpaired) electrons. The largest absolute Gasteiger partial charge is 0.461 e. The predicted molar refractivity (Wildman–Crippen MR) is 122 cm³/mol. The molecule has 7 nitrogen and oxygen atoms in total. The average molecular weight is 425 g/mol. The first-order chi connectivity index (χ1) is 15.1. The number of benzene rings is 1. The molecule has 2 aromatic rings. The fourth-order valence-corrected chi connectivity index (χ4v) is 4.73. The number of esters is 1. The summed E-state index contributed by atoms with van der Waals surface area (Å²) >= 11 is 0. The van der Waals surface area contributed by atoms with E-state index in [2.05, 4.69) is 39.4 Å². The number of rotatable bonds is 6. The maximum absolute atomic E-state index is 12.9. The van der Waals surface area contributed by atoms with E-state index in [1.165, 1.54) is 5.69 Å². The lowest BCUT2D eigenvalue weighted by molar-refractivity contribution is -0.117. The molecule has 1 aromatic heterocycles. The van der Waals surface area contributed by atoms with E-state index >= 15 is 0 Å². The summed E-state index contributed by atoms with van der Waals surface area (Å²) < 4.78 is 7.20. The van der Waals surface area contributed by atoms with E-state index in [-0.39, 0.29) is 11.9 Å². The number of para-hydroxylation sites is 1. The van der Waals surface area contributed by atoms with Gasteiger partial charge in [0.2, 0.25) is 5.91 Å². The molecule has 7 heteroatoms. The van der Waals surface area contributed by atoms with Crippen LogP contribution in [0.3, 0.4) is 0 Å². The fraction of sp³-hybridized carbons (Fsp3) is 0.500. The number of ether oxygens (including phenoxy) is 1. The molecule has 31 heavy (non-hydrogen) atoms. The van der Waals surface area contributed by atoms with Gasteiger partial charge < -0.3 is 19.5 Å². The van der Waals surface area contributed by atoms with Crippen molar-refractivity contribution in [1.82, 2.24) is 9.47 Å². The van der Waals surface area contributed by atoms with Crippen LogP contribution >= 0.6 is 0 Å². The number of aromatic nitrogens is 1. The van der Waals surface area contributed by atoms with Crippen molar-refractivity contribution in [2.24, 2.45) is 7.05 Å². The number of nitrogens with one attached hydrogen (secondary N) is 1. The number of carbonyl (C=O) groups is 2. The van der Waals surface area contributed by atoms with Crippen molar-refractivity contribution in [1.29, 1.82) is 0 Å². The van der Waals surface area contributed by atoms with Crippen LogP contribution in [0.5, 0.6) is 0 Å². The van der Waals surface area contributed by atoms with Crippen LogP contribution in [0.15, 0.2) is 30.3 Å². The summed E-state index contributed by atoms with van der Waals surface area (Å²) in [6.45, 7) is 5.90. The number of nitrogens with zero attached hydrogens (tertiary/aromatic N) is 3. The van der Waals surface area contributed by atoms with Crippen LogP contribution in [0, 0.1) is 0 Å². The van der Waals surface area contributed by atoms with Gasteiger partial charge in [-0.25, -0.2) is 4.79 Å². The number of hydrogen-bond acceptors (Lipinski definition) is 5. The second kappa shape index (κ2) is 9.56. The van der Waals surface area contributed by atoms with Crippen LogP contribution in [-0.4, -0.2) is 60.7 Å². The summed E-state index contributed by atoms with van der Waals surface area (Å²) in [5, 5.41) is 3.07. The molecular weight excluding hydrogens is 392 g/mol. The zero-order chi connectivity index (χ0) is 21.8. The Bertz CT molecular complexity index is 930. The fourth-order valence-electron chi connectivity index (χ4n) is 4.73. The Morgan fingerprint density at radius 3 is 2.45 bits per heavy atom. The highest BCUT2D eigenvalue weighted by molar-refractivity contribution is 6.02. The lowest BCUT2D eigenvalue weighted by Gasteiger charge is -2.35. The third-order valence-electron chi connectivity index (χ3n) is 6.31. The molecule has 1 N–H and O–H groups in total. The van der Waals surface area contributed by atoms with Gasteiger partial charge in [0.1, 0.15) is 0 Å². The third kappa shape index (κ3) is 4.61. The van der Waals surface area contributed by atoms with E-state index in [1.807, 2.05) is 17.7 Å². The highest BCUT2D eigenvalue weighted by Gasteiger charge is 2.29. The van der Waals surface area contributed by atoms with E-state index < -0.39 is 0 Å². The lowest BCUT2D eigenvalue weighted by Crippen LogP contribution is -2.48. The van der Waals surface area contributed by atoms with E-state index in [9.17, 15) is 9.59 Å². The topological polar surface area (TPSA) is 66.8 Å². The quantitative estimate of drug-likeness (QED) is 0.723. The van der Waals surface area contributed by atoms with E-state index in [1.54, 1.807) is 6.92 Å². The Morgan fingerprint density at radius 1 is 1.03 bits per heavy atom. The minimum atomic E-state index is -0.369. The molecule has 1 aliphatic heterocycles. The van der Waals surface area contributed by atoms with Gasteiger partial charge in [0.15, 0.2) is 5.69 Å². The van der Waals surface area contributed by atoms with Gasteiger partial charge in [-0.15, -0.1) is 0 Å². The molecule has 0 bridgehead atoms. The van der Waals surface area contributed by atoms with Gasteiger partial charge in [0.25, 0.3) is 0 Å². The van der Waals surface area contributed by atoms with Gasteiger partial charge in [-0.3, -0.25) is 9.69 Å². The molecule has 0 unspecified atom stereocenters. The molecule has 1 saturated heterocycles. The Labute approximate surface area is 184 Å². The van der Waals surface area contributed by atoms with Crippen LogP contribution in [0.1, 0.15) is 41.5 Å². The maximum Gasteiger partial charge on any atom is 0.357 e. The van der Waals surface area contributed by atoms with Crippen molar-refractivity contribution in [2.45, 2.75) is 32.6 Å². The lowest BCUT2D eigenvalue weighted by atomic mass is 9.96. The highest BCUT2D eigenvalue weighted by atomic mass is 16.5. The summed E-state index contributed by atoms with van der Waals surface area (Å²) in [5.41, 5.74) is 4.58. The molecule has 2 aliphatic rings. The summed E-state index contributed by atoms with van der Waals surface area (Å²) in [6.07, 6.45) is 3.99. The van der Waals surface area contributed by atoms with E-state index in [0.29, 0.717) is 24.5 Å². The minimum absolute atomic E-state index is 0.0716. The van der Waals surface area contributed by atoms with Gasteiger partial charge >= 0.3 is 5.97 Å². The molecule has 1 fully saturated rings. The summed E-state index contributed by atoms with van der Waals surface area (Å²) in [6, 6.07) is 10.4. The summed E-state index contributed by atoms with van der Waals surface area (Å²) in [4.78, 5) is 30.1. The second-order valence-corrected chi connectivity index (χ2v) is 8.28. The molecule has 0 spiro atoms. The first-order valence-corrected chi connectivity index (χ1v) is 11.3. The van der Waals surface area contributed by atoms with Gasteiger partial charge in [-0.1, -0.05) is 18.2 Å². The Hall–Kier alpha value is -2.80. The maximum atomic E-state index is 12.9. The van der Waals surface area contributed by atoms with Crippen molar-refractivity contribution in [3.63, 3.8) is 0 Å². The number of anilines is 2. The zero-order valence-electron chi connectivity index (χ0n) is 18.5. The van der Waals surface area contributed by atoms with Gasteiger partial charge in [0, 0.05) is 44.6 Å². The van der Waals surface area contributed by atoms with Crippen molar-refractivity contribution in [3.8, 4) is 0 Å². The SMILES string of the molecule is CCOC(=O)c1c(NC(=O)CN2CCN(c3ccccc3)CC2)c2c(n1C)CCCC2. The minimum Gasteiger partial charge on any atom is -0.461 e. The van der Waals surface area contributed by atoms with Gasteiger partial charge in [-0.05, 0) is 50.3 Å². The van der Waals surface area contributed by atoms with Gasteiger partial charge in [0.05, 0.1) is 18.8 Å². The standard InChI is InChI=1S/C24H32N4O3/c1-3-31-24(30)23-22(19-11-7-8-12-20(19)26(23)2)25-21(29)17-27-13-15-28(16-14-27)18-9-5-4-6-10-18/h4-6,9-10H,3,7-8,11-17H2,1-2H3,(H,25,29). The number of fused-ring (bicyclic) bond motifs is 1. The molecule has 166 valence electrons. The molecule has 0 saturated carbocycles. The predicted octanol–water partition coefficient (Wildman–Crippen LogP) is 2.84. The molecule has 0 atom stereocenters. The van der Waals surface area contributed by atoms with Crippen molar-refractivity contribution >= 4 is 23.3 Å². The monoisotopic (exact) mass is 424 g/mol. The summed E-state index contributed by atoms with van der Waals surface area (Å²) in [5.74, 6) is -0.441. The first kappa shape index (κ1) is 21.4. The number of piperazine rings is 1. The average Bonchev–Trinajstić information content (AvgIpc) is 3.07. The normalized spacial score (nSPS) is 16.6. The highest BCUT2D eigenvalue weighted by Crippen LogP contribution is 2.34. The smallest absolute Gasteiger partial charge is 0.357 e. The molecule has 1 amide bonds. The second-order valence-electron chi connectivity index (χ2n) is 8.28. The van der Waals surface area contributed by atoms with Crippen LogP contribution in [0.2, 0.25) is 0 Å². The molecule has 2 heterocycles. The Morgan fingerprint density at radius 2 is 1.74 bits per heavy atom. The number of hydrogen-bond donors (Lipinski definition) is 1. The zero-order valence-corrected chi connectivity index (χ0v) is 18.5. The molecule has 1 aromatic carbocycles. The molecular formula is C24H32N4O3. The third-order valence-corrected chi connectivity index (χ3v) is 6.31. The number of carbonyl (C=O) groups excluding carboxylic acids is 2. The van der Waals surface area contributed by atoms with Crippen molar-refractivity contribution < 1.29 is 14.3 Å². The molecule has 1 aliphatic carbocycles. The Balaban J connectivity index is 1.42.